The second-order valence-corrected chi connectivity index (χ2v) is 5.21. The summed E-state index contributed by atoms with van der Waals surface area (Å²) in [5.41, 5.74) is 1.99. The number of hydrogen-bond donors (Lipinski definition) is 2. The van der Waals surface area contributed by atoms with E-state index in [9.17, 15) is 4.79 Å². The Morgan fingerprint density at radius 3 is 2.67 bits per heavy atom. The van der Waals surface area contributed by atoms with Gasteiger partial charge >= 0.3 is 0 Å². The quantitative estimate of drug-likeness (QED) is 0.437. The Kier molecular flexibility index (Phi) is 4.15. The van der Waals surface area contributed by atoms with E-state index in [1.54, 1.807) is 43.6 Å². The van der Waals surface area contributed by atoms with E-state index in [-0.39, 0.29) is 11.1 Å². The first kappa shape index (κ1) is 15.5. The van der Waals surface area contributed by atoms with Crippen molar-refractivity contribution in [3.63, 3.8) is 0 Å². The Morgan fingerprint density at radius 2 is 2.00 bits per heavy atom. The van der Waals surface area contributed by atoms with Crippen molar-refractivity contribution in [1.82, 2.24) is 9.38 Å². The molecule has 2 heterocycles. The average molecular weight is 324 g/mol. The van der Waals surface area contributed by atoms with E-state index < -0.39 is 0 Å². The van der Waals surface area contributed by atoms with E-state index in [2.05, 4.69) is 15.5 Å². The van der Waals surface area contributed by atoms with Crippen molar-refractivity contribution in [2.75, 3.05) is 12.4 Å². The van der Waals surface area contributed by atoms with Crippen molar-refractivity contribution in [3.05, 3.63) is 64.1 Å². The molecule has 0 amide bonds. The summed E-state index contributed by atoms with van der Waals surface area (Å²) in [6.45, 7) is 1.88. The van der Waals surface area contributed by atoms with Gasteiger partial charge in [0.25, 0.3) is 5.56 Å². The molecule has 0 saturated heterocycles. The maximum absolute atomic E-state index is 12.6. The van der Waals surface area contributed by atoms with Crippen molar-refractivity contribution >= 4 is 23.4 Å². The molecule has 3 aromatic rings. The highest BCUT2D eigenvalue weighted by atomic mass is 16.5. The number of pyridine rings is 1. The number of nitrogens with one attached hydrogen (secondary N) is 1. The van der Waals surface area contributed by atoms with E-state index in [1.165, 1.54) is 4.40 Å². The van der Waals surface area contributed by atoms with Crippen LogP contribution in [0, 0.1) is 6.92 Å². The molecule has 1 aromatic carbocycles. The Hall–Kier alpha value is -3.35. The minimum Gasteiger partial charge on any atom is -0.497 e. The van der Waals surface area contributed by atoms with Crippen molar-refractivity contribution in [3.8, 4) is 5.75 Å². The third-order valence-electron chi connectivity index (χ3n) is 3.55. The summed E-state index contributed by atoms with van der Waals surface area (Å²) in [5, 5.41) is 14.9. The highest BCUT2D eigenvalue weighted by Crippen LogP contribution is 2.20. The molecule has 0 aliphatic carbocycles. The summed E-state index contributed by atoms with van der Waals surface area (Å²) in [7, 11) is 1.59. The fraction of sp³-hybridized carbons (Fsp3) is 0.118. The number of aromatic nitrogens is 2. The summed E-state index contributed by atoms with van der Waals surface area (Å²) in [4.78, 5) is 17.1. The molecule has 0 radical (unpaired) electrons. The number of oxime groups is 1. The first-order chi connectivity index (χ1) is 11.6. The maximum Gasteiger partial charge on any atom is 0.269 e. The van der Waals surface area contributed by atoms with Gasteiger partial charge in [0.15, 0.2) is 0 Å². The number of ether oxygens (including phenoxy) is 1. The van der Waals surface area contributed by atoms with Crippen LogP contribution in [0.2, 0.25) is 0 Å². The minimum absolute atomic E-state index is 0.163. The van der Waals surface area contributed by atoms with Crippen LogP contribution < -0.4 is 15.6 Å². The van der Waals surface area contributed by atoms with Gasteiger partial charge in [-0.1, -0.05) is 11.2 Å². The highest BCUT2D eigenvalue weighted by Gasteiger charge is 2.12. The molecule has 0 aliphatic heterocycles. The lowest BCUT2D eigenvalue weighted by molar-refractivity contribution is 0.322. The minimum atomic E-state index is -0.322. The molecular weight excluding hydrogens is 308 g/mol. The number of anilines is 2. The van der Waals surface area contributed by atoms with Crippen LogP contribution >= 0.6 is 0 Å². The molecule has 24 heavy (non-hydrogen) atoms. The van der Waals surface area contributed by atoms with Gasteiger partial charge < -0.3 is 15.3 Å². The van der Waals surface area contributed by atoms with Gasteiger partial charge in [0, 0.05) is 11.9 Å². The fourth-order valence-electron chi connectivity index (χ4n) is 2.34. The van der Waals surface area contributed by atoms with Gasteiger partial charge in [0.05, 0.1) is 13.3 Å². The van der Waals surface area contributed by atoms with Crippen molar-refractivity contribution in [2.24, 2.45) is 5.16 Å². The van der Waals surface area contributed by atoms with Crippen LogP contribution in [0.4, 0.5) is 11.5 Å². The number of fused-ring (bicyclic) bond motifs is 1. The van der Waals surface area contributed by atoms with Crippen LogP contribution in [0.3, 0.4) is 0 Å². The molecule has 0 unspecified atom stereocenters. The lowest BCUT2D eigenvalue weighted by Crippen LogP contribution is -2.22. The predicted molar refractivity (Wildman–Crippen MR) is 91.9 cm³/mol. The highest BCUT2D eigenvalue weighted by molar-refractivity contribution is 5.87. The lowest BCUT2D eigenvalue weighted by atomic mass is 10.2. The van der Waals surface area contributed by atoms with Gasteiger partial charge in [0.1, 0.15) is 22.8 Å². The van der Waals surface area contributed by atoms with E-state index >= 15 is 0 Å². The van der Waals surface area contributed by atoms with Crippen LogP contribution in [0.5, 0.6) is 5.75 Å². The molecule has 2 aromatic heterocycles. The Balaban J connectivity index is 2.13. The molecule has 2 N–H and O–H groups in total. The van der Waals surface area contributed by atoms with Gasteiger partial charge in [0.2, 0.25) is 0 Å². The third-order valence-corrected chi connectivity index (χ3v) is 3.55. The van der Waals surface area contributed by atoms with Gasteiger partial charge in [-0.3, -0.25) is 9.20 Å². The van der Waals surface area contributed by atoms with E-state index in [1.807, 2.05) is 13.0 Å². The van der Waals surface area contributed by atoms with Crippen LogP contribution in [0.15, 0.2) is 52.5 Å². The first-order valence-electron chi connectivity index (χ1n) is 7.24. The molecule has 0 bridgehead atoms. The number of benzene rings is 1. The maximum atomic E-state index is 12.6. The van der Waals surface area contributed by atoms with E-state index in [0.717, 1.165) is 23.2 Å². The first-order valence-corrected chi connectivity index (χ1v) is 7.24. The Bertz CT molecular complexity index is 962. The van der Waals surface area contributed by atoms with Gasteiger partial charge in [-0.05, 0) is 42.8 Å². The summed E-state index contributed by atoms with van der Waals surface area (Å²) >= 11 is 0. The van der Waals surface area contributed by atoms with Crippen molar-refractivity contribution in [1.29, 1.82) is 0 Å². The molecule has 0 fully saturated rings. The van der Waals surface area contributed by atoms with Gasteiger partial charge in [-0.25, -0.2) is 4.98 Å². The smallest absolute Gasteiger partial charge is 0.269 e. The lowest BCUT2D eigenvalue weighted by Gasteiger charge is -2.11. The topological polar surface area (TPSA) is 88.2 Å². The zero-order valence-corrected chi connectivity index (χ0v) is 13.2. The molecule has 0 spiro atoms. The van der Waals surface area contributed by atoms with Crippen LogP contribution in [0.25, 0.3) is 5.65 Å². The zero-order chi connectivity index (χ0) is 17.1. The van der Waals surface area contributed by atoms with E-state index in [0.29, 0.717) is 11.5 Å². The second kappa shape index (κ2) is 6.41. The van der Waals surface area contributed by atoms with Crippen molar-refractivity contribution < 1.29 is 9.94 Å². The summed E-state index contributed by atoms with van der Waals surface area (Å²) < 4.78 is 6.54. The summed E-state index contributed by atoms with van der Waals surface area (Å²) in [6.07, 6.45) is 2.77. The SMILES string of the molecule is COc1ccc(Nc2nc3ccc(C)cn3c(=O)c2/C=N/O)cc1. The molecule has 0 saturated carbocycles. The standard InChI is InChI=1S/C17H16N4O3/c1-11-3-8-15-20-16(14(9-18-23)17(22)21(15)10-11)19-12-4-6-13(24-2)7-5-12/h3-10,19,23H,1-2H3/b18-9+. The molecule has 0 aliphatic rings. The van der Waals surface area contributed by atoms with E-state index in [4.69, 9.17) is 9.94 Å². The number of nitrogens with zero attached hydrogens (tertiary/aromatic N) is 3. The van der Waals surface area contributed by atoms with Crippen LogP contribution in [0.1, 0.15) is 11.1 Å². The molecule has 7 heteroatoms. The Labute approximate surface area is 137 Å². The normalized spacial score (nSPS) is 11.1. The number of methoxy groups -OCH3 is 1. The van der Waals surface area contributed by atoms with Gasteiger partial charge in [-0.15, -0.1) is 0 Å². The van der Waals surface area contributed by atoms with Crippen LogP contribution in [-0.4, -0.2) is 27.9 Å². The molecule has 3 rings (SSSR count). The average Bonchev–Trinajstić information content (AvgIpc) is 2.60. The monoisotopic (exact) mass is 324 g/mol. The molecule has 0 atom stereocenters. The molecule has 122 valence electrons. The van der Waals surface area contributed by atoms with Crippen molar-refractivity contribution in [2.45, 2.75) is 6.92 Å². The number of hydrogen-bond acceptors (Lipinski definition) is 6. The Morgan fingerprint density at radius 1 is 1.25 bits per heavy atom. The van der Waals surface area contributed by atoms with Crippen LogP contribution in [-0.2, 0) is 0 Å². The fourth-order valence-corrected chi connectivity index (χ4v) is 2.34. The third kappa shape index (κ3) is 2.91. The number of rotatable bonds is 4. The van der Waals surface area contributed by atoms with Gasteiger partial charge in [-0.2, -0.15) is 0 Å². The summed E-state index contributed by atoms with van der Waals surface area (Å²) in [5.74, 6) is 1.03. The second-order valence-electron chi connectivity index (χ2n) is 5.21. The number of aryl methyl sites for hydroxylation is 1. The predicted octanol–water partition coefficient (Wildman–Crippen LogP) is 2.56. The summed E-state index contributed by atoms with van der Waals surface area (Å²) in [6, 6.07) is 10.8. The zero-order valence-electron chi connectivity index (χ0n) is 13.2. The molecular formula is C17H16N4O3. The largest absolute Gasteiger partial charge is 0.497 e. The molecule has 7 nitrogen and oxygen atoms in total.